The van der Waals surface area contributed by atoms with E-state index in [1.54, 1.807) is 23.0 Å². The van der Waals surface area contributed by atoms with Crippen molar-refractivity contribution in [2.45, 2.75) is 59.3 Å². The van der Waals surface area contributed by atoms with E-state index in [2.05, 4.69) is 9.71 Å². The minimum atomic E-state index is -1.24. The molecule has 1 N–H and O–H groups in total. The number of aryl methyl sites for hydroxylation is 3. The Morgan fingerprint density at radius 1 is 1.21 bits per heavy atom. The fraction of sp³-hybridized carbons (Fsp3) is 0.476. The second kappa shape index (κ2) is 7.83. The van der Waals surface area contributed by atoms with Crippen LogP contribution >= 0.6 is 11.3 Å². The molecule has 8 heteroatoms. The molecule has 0 spiro atoms. The molecule has 2 atom stereocenters. The molecule has 0 saturated heterocycles. The predicted octanol–water partition coefficient (Wildman–Crippen LogP) is 4.10. The average Bonchev–Trinajstić information content (AvgIpc) is 2.95. The number of rotatable bonds is 4. The first-order valence-corrected chi connectivity index (χ1v) is 11.5. The maximum Gasteiger partial charge on any atom is 0.261 e. The summed E-state index contributed by atoms with van der Waals surface area (Å²) < 4.78 is 17.0. The van der Waals surface area contributed by atoms with E-state index in [4.69, 9.17) is 4.98 Å². The molecule has 3 rings (SSSR count). The van der Waals surface area contributed by atoms with Crippen molar-refractivity contribution in [2.75, 3.05) is 0 Å². The van der Waals surface area contributed by atoms with Crippen molar-refractivity contribution in [3.63, 3.8) is 0 Å². The van der Waals surface area contributed by atoms with Gasteiger partial charge in [-0.2, -0.15) is 0 Å². The molecule has 0 bridgehead atoms. The first kappa shape index (κ1) is 22.0. The molecule has 29 heavy (non-hydrogen) atoms. The van der Waals surface area contributed by atoms with Gasteiger partial charge in [0.15, 0.2) is 5.82 Å². The molecule has 2 aromatic heterocycles. The number of benzene rings is 1. The quantitative estimate of drug-likeness (QED) is 0.628. The van der Waals surface area contributed by atoms with E-state index in [0.717, 1.165) is 26.7 Å². The third kappa shape index (κ3) is 4.26. The lowest BCUT2D eigenvalue weighted by Crippen LogP contribution is -2.40. The lowest BCUT2D eigenvalue weighted by atomic mass is 10.0. The Hall–Kier alpha value is -1.74. The number of nitrogens with zero attached hydrogens (tertiary/aromatic N) is 3. The first-order valence-electron chi connectivity index (χ1n) is 9.54. The van der Waals surface area contributed by atoms with Crippen LogP contribution in [0.3, 0.4) is 0 Å². The van der Waals surface area contributed by atoms with Crippen LogP contribution < -0.4 is 10.3 Å². The van der Waals surface area contributed by atoms with E-state index in [-0.39, 0.29) is 11.6 Å². The van der Waals surface area contributed by atoms with Gasteiger partial charge < -0.3 is 4.55 Å². The largest absolute Gasteiger partial charge is 0.598 e. The molecule has 0 aliphatic carbocycles. The van der Waals surface area contributed by atoms with E-state index < -0.39 is 16.1 Å². The number of aromatic nitrogens is 3. The Labute approximate surface area is 178 Å². The first-order chi connectivity index (χ1) is 13.4. The highest BCUT2D eigenvalue weighted by Crippen LogP contribution is 2.29. The minimum absolute atomic E-state index is 0.107. The summed E-state index contributed by atoms with van der Waals surface area (Å²) in [7, 11) is 1.73. The second-order valence-corrected chi connectivity index (χ2v) is 11.8. The van der Waals surface area contributed by atoms with Crippen molar-refractivity contribution >= 4 is 33.6 Å². The third-order valence-corrected chi connectivity index (χ3v) is 7.34. The number of nitrogens with one attached hydrogen (secondary N) is 1. The summed E-state index contributed by atoms with van der Waals surface area (Å²) in [6.07, 6.45) is 0. The molecule has 2 heterocycles. The molecule has 0 radical (unpaired) electrons. The normalized spacial score (nSPS) is 14.4. The third-order valence-electron chi connectivity index (χ3n) is 4.78. The van der Waals surface area contributed by atoms with Crippen molar-refractivity contribution in [1.29, 1.82) is 0 Å². The molecule has 0 amide bonds. The Balaban J connectivity index is 2.23. The van der Waals surface area contributed by atoms with Gasteiger partial charge in [0, 0.05) is 28.9 Å². The summed E-state index contributed by atoms with van der Waals surface area (Å²) >= 11 is 0.348. The smallest absolute Gasteiger partial charge is 0.261 e. The van der Waals surface area contributed by atoms with Crippen LogP contribution in [0.5, 0.6) is 0 Å². The fourth-order valence-electron chi connectivity index (χ4n) is 3.23. The van der Waals surface area contributed by atoms with Gasteiger partial charge in [-0.25, -0.2) is 9.97 Å². The van der Waals surface area contributed by atoms with E-state index in [1.165, 1.54) is 0 Å². The van der Waals surface area contributed by atoms with Crippen LogP contribution in [0.2, 0.25) is 0 Å². The van der Waals surface area contributed by atoms with Crippen LogP contribution in [-0.4, -0.2) is 23.8 Å². The number of thiazole rings is 1. The zero-order valence-corrected chi connectivity index (χ0v) is 19.8. The SMILES string of the molecule is Cc1cc(C(C)N[S@+]([O-])C(C)(C)C)c2nc(-c3nc(C)sc3C)n(C)c(=O)c2c1. The monoisotopic (exact) mass is 432 g/mol. The molecule has 156 valence electrons. The predicted molar refractivity (Wildman–Crippen MR) is 122 cm³/mol. The van der Waals surface area contributed by atoms with Gasteiger partial charge in [0.25, 0.3) is 5.56 Å². The topological polar surface area (TPSA) is 82.9 Å². The molecule has 1 unspecified atom stereocenters. The summed E-state index contributed by atoms with van der Waals surface area (Å²) in [5.41, 5.74) is 3.09. The van der Waals surface area contributed by atoms with E-state index in [1.807, 2.05) is 60.6 Å². The van der Waals surface area contributed by atoms with Crippen LogP contribution in [-0.2, 0) is 18.4 Å². The highest BCUT2D eigenvalue weighted by molar-refractivity contribution is 7.90. The summed E-state index contributed by atoms with van der Waals surface area (Å²) in [5.74, 6) is 0.554. The molecule has 0 fully saturated rings. The van der Waals surface area contributed by atoms with Gasteiger partial charge in [-0.05, 0) is 60.1 Å². The van der Waals surface area contributed by atoms with E-state index in [0.29, 0.717) is 16.7 Å². The van der Waals surface area contributed by atoms with Gasteiger partial charge in [0.2, 0.25) is 0 Å². The molecular weight excluding hydrogens is 404 g/mol. The summed E-state index contributed by atoms with van der Waals surface area (Å²) in [6, 6.07) is 3.64. The molecule has 0 aliphatic heterocycles. The van der Waals surface area contributed by atoms with Crippen LogP contribution in [0.25, 0.3) is 22.4 Å². The van der Waals surface area contributed by atoms with E-state index in [9.17, 15) is 9.35 Å². The van der Waals surface area contributed by atoms with Crippen molar-refractivity contribution in [3.8, 4) is 11.5 Å². The molecule has 3 aromatic rings. The minimum Gasteiger partial charge on any atom is -0.598 e. The standard InChI is InChI=1S/C21H28N4O2S2/c1-11-9-15(12(2)24-29(27)21(5,6)7)18-16(10-11)20(26)25(8)19(23-18)17-13(3)28-14(4)22-17/h9-10,12,24H,1-8H3/t12?,29-/m1/s1. The van der Waals surface area contributed by atoms with Crippen LogP contribution in [0.1, 0.15) is 54.7 Å². The molecular formula is C21H28N4O2S2. The highest BCUT2D eigenvalue weighted by Gasteiger charge is 2.29. The van der Waals surface area contributed by atoms with Gasteiger partial charge in [0.05, 0.1) is 22.0 Å². The lowest BCUT2D eigenvalue weighted by Gasteiger charge is -2.27. The molecule has 6 nitrogen and oxygen atoms in total. The summed E-state index contributed by atoms with van der Waals surface area (Å²) in [5, 5.41) is 1.50. The van der Waals surface area contributed by atoms with Crippen molar-refractivity contribution in [2.24, 2.45) is 7.05 Å². The maximum absolute atomic E-state index is 13.2. The summed E-state index contributed by atoms with van der Waals surface area (Å²) in [4.78, 5) is 23.7. The number of fused-ring (bicyclic) bond motifs is 1. The van der Waals surface area contributed by atoms with Crippen LogP contribution in [0, 0.1) is 20.8 Å². The fourth-order valence-corrected chi connectivity index (χ4v) is 4.85. The lowest BCUT2D eigenvalue weighted by molar-refractivity contribution is 0.531. The summed E-state index contributed by atoms with van der Waals surface area (Å²) in [6.45, 7) is 13.6. The van der Waals surface area contributed by atoms with Crippen molar-refractivity contribution < 1.29 is 4.55 Å². The second-order valence-electron chi connectivity index (χ2n) is 8.41. The van der Waals surface area contributed by atoms with E-state index >= 15 is 0 Å². The van der Waals surface area contributed by atoms with Gasteiger partial charge >= 0.3 is 0 Å². The van der Waals surface area contributed by atoms with Crippen LogP contribution in [0.4, 0.5) is 0 Å². The zero-order valence-electron chi connectivity index (χ0n) is 18.2. The van der Waals surface area contributed by atoms with Gasteiger partial charge in [0.1, 0.15) is 10.4 Å². The Kier molecular flexibility index (Phi) is 5.93. The highest BCUT2D eigenvalue weighted by atomic mass is 32.2. The number of hydrogen-bond acceptors (Lipinski definition) is 6. The molecule has 1 aromatic carbocycles. The molecule has 0 saturated carbocycles. The maximum atomic E-state index is 13.2. The average molecular weight is 433 g/mol. The van der Waals surface area contributed by atoms with Gasteiger partial charge in [-0.15, -0.1) is 16.1 Å². The van der Waals surface area contributed by atoms with Crippen LogP contribution in [0.15, 0.2) is 16.9 Å². The van der Waals surface area contributed by atoms with Gasteiger partial charge in [-0.3, -0.25) is 9.36 Å². The van der Waals surface area contributed by atoms with Gasteiger partial charge in [-0.1, -0.05) is 6.07 Å². The van der Waals surface area contributed by atoms with Crippen molar-refractivity contribution in [1.82, 2.24) is 19.3 Å². The number of hydrogen-bond donors (Lipinski definition) is 1. The van der Waals surface area contributed by atoms with Crippen molar-refractivity contribution in [3.05, 3.63) is 43.5 Å². The Morgan fingerprint density at radius 2 is 1.86 bits per heavy atom. The zero-order chi connectivity index (χ0) is 21.7. The molecule has 0 aliphatic rings. The Bertz CT molecular complexity index is 1130. The Morgan fingerprint density at radius 3 is 2.41 bits per heavy atom.